The van der Waals surface area contributed by atoms with E-state index in [4.69, 9.17) is 16.3 Å². The summed E-state index contributed by atoms with van der Waals surface area (Å²) < 4.78 is 18.3. The second-order valence-electron chi connectivity index (χ2n) is 4.45. The van der Waals surface area contributed by atoms with Gasteiger partial charge in [0, 0.05) is 18.5 Å². The van der Waals surface area contributed by atoms with Crippen molar-refractivity contribution in [2.75, 3.05) is 13.7 Å². The number of hydrogen-bond donors (Lipinski definition) is 1. The molecule has 1 aliphatic carbocycles. The Hall–Kier alpha value is -0.800. The summed E-state index contributed by atoms with van der Waals surface area (Å²) >= 11 is 6.17. The third-order valence-corrected chi connectivity index (χ3v) is 3.53. The third kappa shape index (κ3) is 3.58. The number of hydrogen-bond acceptors (Lipinski definition) is 2. The molecule has 1 saturated carbocycles. The Labute approximate surface area is 106 Å². The molecule has 0 amide bonds. The fourth-order valence-electron chi connectivity index (χ4n) is 1.80. The van der Waals surface area contributed by atoms with E-state index in [-0.39, 0.29) is 16.9 Å². The normalized spacial score (nSPS) is 16.9. The first-order valence-corrected chi connectivity index (χ1v) is 6.31. The molecule has 2 nitrogen and oxygen atoms in total. The van der Waals surface area contributed by atoms with Gasteiger partial charge in [0.25, 0.3) is 0 Å². The van der Waals surface area contributed by atoms with Crippen LogP contribution in [0.1, 0.15) is 18.4 Å². The van der Waals surface area contributed by atoms with Crippen molar-refractivity contribution in [1.82, 2.24) is 5.32 Å². The third-order valence-electron chi connectivity index (χ3n) is 3.02. The lowest BCUT2D eigenvalue weighted by atomic mass is 10.2. The lowest BCUT2D eigenvalue weighted by molar-refractivity contribution is 0.386. The molecule has 1 aromatic rings. The van der Waals surface area contributed by atoms with E-state index in [1.54, 1.807) is 6.07 Å². The van der Waals surface area contributed by atoms with Gasteiger partial charge >= 0.3 is 0 Å². The van der Waals surface area contributed by atoms with E-state index >= 15 is 0 Å². The molecule has 1 atom stereocenters. The average Bonchev–Trinajstić information content (AvgIpc) is 3.13. The highest BCUT2D eigenvalue weighted by atomic mass is 35.5. The van der Waals surface area contributed by atoms with E-state index in [1.165, 1.54) is 26.0 Å². The zero-order valence-electron chi connectivity index (χ0n) is 9.88. The van der Waals surface area contributed by atoms with Gasteiger partial charge in [-0.15, -0.1) is 11.6 Å². The predicted molar refractivity (Wildman–Crippen MR) is 67.0 cm³/mol. The van der Waals surface area contributed by atoms with Crippen LogP contribution in [0.3, 0.4) is 0 Å². The van der Waals surface area contributed by atoms with Crippen molar-refractivity contribution in [3.8, 4) is 5.75 Å². The number of rotatable bonds is 6. The number of nitrogens with one attached hydrogen (secondary N) is 1. The summed E-state index contributed by atoms with van der Waals surface area (Å²) in [5.74, 6) is 0.634. The van der Waals surface area contributed by atoms with Crippen LogP contribution in [0, 0.1) is 11.7 Å². The lowest BCUT2D eigenvalue weighted by Gasteiger charge is -2.10. The molecule has 0 bridgehead atoms. The van der Waals surface area contributed by atoms with Gasteiger partial charge in [-0.05, 0) is 36.5 Å². The van der Waals surface area contributed by atoms with Crippen molar-refractivity contribution in [2.24, 2.45) is 5.92 Å². The molecule has 0 aliphatic heterocycles. The number of ether oxygens (including phenoxy) is 1. The summed E-state index contributed by atoms with van der Waals surface area (Å²) in [7, 11) is 1.46. The molecule has 0 radical (unpaired) electrons. The second-order valence-corrected chi connectivity index (χ2v) is 5.01. The van der Waals surface area contributed by atoms with Crippen LogP contribution in [0.5, 0.6) is 5.75 Å². The maximum absolute atomic E-state index is 13.4. The summed E-state index contributed by atoms with van der Waals surface area (Å²) in [5, 5.41) is 3.45. The molecule has 1 fully saturated rings. The van der Waals surface area contributed by atoms with Gasteiger partial charge in [0.2, 0.25) is 0 Å². The SMILES string of the molecule is COc1ccc(CNCC(Cl)C2CC2)cc1F. The summed E-state index contributed by atoms with van der Waals surface area (Å²) in [5.41, 5.74) is 0.906. The van der Waals surface area contributed by atoms with Gasteiger partial charge in [-0.25, -0.2) is 4.39 Å². The van der Waals surface area contributed by atoms with Crippen LogP contribution in [0.25, 0.3) is 0 Å². The molecule has 0 spiro atoms. The molecular weight excluding hydrogens is 241 g/mol. The average molecular weight is 258 g/mol. The molecule has 4 heteroatoms. The molecule has 17 heavy (non-hydrogen) atoms. The molecule has 0 aromatic heterocycles. The fourth-order valence-corrected chi connectivity index (χ4v) is 2.16. The van der Waals surface area contributed by atoms with Crippen molar-refractivity contribution in [2.45, 2.75) is 24.8 Å². The van der Waals surface area contributed by atoms with Crippen LogP contribution in [0.2, 0.25) is 0 Å². The van der Waals surface area contributed by atoms with E-state index in [0.717, 1.165) is 12.1 Å². The highest BCUT2D eigenvalue weighted by Gasteiger charge is 2.29. The topological polar surface area (TPSA) is 21.3 Å². The van der Waals surface area contributed by atoms with Gasteiger partial charge in [-0.1, -0.05) is 6.07 Å². The predicted octanol–water partition coefficient (Wildman–Crippen LogP) is 2.94. The number of benzene rings is 1. The molecule has 94 valence electrons. The van der Waals surface area contributed by atoms with E-state index in [1.807, 2.05) is 6.07 Å². The monoisotopic (exact) mass is 257 g/mol. The van der Waals surface area contributed by atoms with Gasteiger partial charge in [-0.3, -0.25) is 0 Å². The van der Waals surface area contributed by atoms with Crippen LogP contribution >= 0.6 is 11.6 Å². The Kier molecular flexibility index (Phi) is 4.24. The van der Waals surface area contributed by atoms with Crippen molar-refractivity contribution in [3.63, 3.8) is 0 Å². The largest absolute Gasteiger partial charge is 0.494 e. The highest BCUT2D eigenvalue weighted by molar-refractivity contribution is 6.21. The van der Waals surface area contributed by atoms with Crippen molar-refractivity contribution < 1.29 is 9.13 Å². The smallest absolute Gasteiger partial charge is 0.165 e. The fraction of sp³-hybridized carbons (Fsp3) is 0.538. The number of methoxy groups -OCH3 is 1. The van der Waals surface area contributed by atoms with Gasteiger partial charge in [0.1, 0.15) is 0 Å². The Morgan fingerprint density at radius 2 is 2.29 bits per heavy atom. The number of alkyl halides is 1. The maximum atomic E-state index is 13.4. The molecule has 1 aromatic carbocycles. The van der Waals surface area contributed by atoms with Crippen LogP contribution < -0.4 is 10.1 Å². The van der Waals surface area contributed by atoms with Crippen LogP contribution in [0.4, 0.5) is 4.39 Å². The first-order chi connectivity index (χ1) is 8.20. The van der Waals surface area contributed by atoms with Gasteiger partial charge in [0.05, 0.1) is 7.11 Å². The highest BCUT2D eigenvalue weighted by Crippen LogP contribution is 2.35. The van der Waals surface area contributed by atoms with Crippen molar-refractivity contribution >= 4 is 11.6 Å². The Bertz CT molecular complexity index is 382. The van der Waals surface area contributed by atoms with E-state index < -0.39 is 0 Å². The molecular formula is C13H17ClFNO. The molecule has 0 heterocycles. The Morgan fingerprint density at radius 1 is 1.53 bits per heavy atom. The summed E-state index contributed by atoms with van der Waals surface area (Å²) in [6, 6.07) is 4.99. The molecule has 1 unspecified atom stereocenters. The zero-order chi connectivity index (χ0) is 12.3. The molecule has 1 aliphatic rings. The lowest BCUT2D eigenvalue weighted by Crippen LogP contribution is -2.24. The van der Waals surface area contributed by atoms with Crippen LogP contribution in [0.15, 0.2) is 18.2 Å². The molecule has 1 N–H and O–H groups in total. The van der Waals surface area contributed by atoms with E-state index in [0.29, 0.717) is 12.5 Å². The molecule has 0 saturated heterocycles. The summed E-state index contributed by atoms with van der Waals surface area (Å²) in [6.07, 6.45) is 2.49. The minimum Gasteiger partial charge on any atom is -0.494 e. The van der Waals surface area contributed by atoms with Gasteiger partial charge in [0.15, 0.2) is 11.6 Å². The maximum Gasteiger partial charge on any atom is 0.165 e. The number of halogens is 2. The first kappa shape index (κ1) is 12.7. The van der Waals surface area contributed by atoms with Gasteiger partial charge < -0.3 is 10.1 Å². The van der Waals surface area contributed by atoms with E-state index in [9.17, 15) is 4.39 Å². The van der Waals surface area contributed by atoms with Crippen LogP contribution in [-0.4, -0.2) is 19.0 Å². The summed E-state index contributed by atoms with van der Waals surface area (Å²) in [4.78, 5) is 0. The van der Waals surface area contributed by atoms with Crippen molar-refractivity contribution in [3.05, 3.63) is 29.6 Å². The first-order valence-electron chi connectivity index (χ1n) is 5.88. The zero-order valence-corrected chi connectivity index (χ0v) is 10.6. The quantitative estimate of drug-likeness (QED) is 0.792. The standard InChI is InChI=1S/C13H17ClFNO/c1-17-13-5-2-9(6-12(13)15)7-16-8-11(14)10-3-4-10/h2,5-6,10-11,16H,3-4,7-8H2,1H3. The Balaban J connectivity index is 1.80. The Morgan fingerprint density at radius 3 is 2.88 bits per heavy atom. The van der Waals surface area contributed by atoms with Crippen molar-refractivity contribution in [1.29, 1.82) is 0 Å². The minimum atomic E-state index is -0.323. The second kappa shape index (κ2) is 5.69. The van der Waals surface area contributed by atoms with Gasteiger partial charge in [-0.2, -0.15) is 0 Å². The van der Waals surface area contributed by atoms with Crippen LogP contribution in [-0.2, 0) is 6.54 Å². The molecule has 2 rings (SSSR count). The summed E-state index contributed by atoms with van der Waals surface area (Å²) in [6.45, 7) is 1.41. The van der Waals surface area contributed by atoms with E-state index in [2.05, 4.69) is 5.32 Å². The minimum absolute atomic E-state index is 0.207.